The lowest BCUT2D eigenvalue weighted by atomic mass is 10.0. The standard InChI is InChI=1S/C21H40N8O6/c1-10(2)15(23)19(33)28-13(7-8-14(22)30)17(31)27-12(6-5-9-26-21(24)25)18(32)29-16(11(3)4)20(34)35/h10-13,15-16H,5-9,23H2,1-4H3,(H2,22,30)(H,27,31)(H,28,33)(H,29,32)(H,34,35)(H4,24,25,26). The summed E-state index contributed by atoms with van der Waals surface area (Å²) >= 11 is 0. The number of carboxylic acid groups (broad SMARTS) is 1. The number of guanidine groups is 1. The van der Waals surface area contributed by atoms with Crippen molar-refractivity contribution < 1.29 is 29.1 Å². The summed E-state index contributed by atoms with van der Waals surface area (Å²) in [5, 5.41) is 16.8. The second-order valence-electron chi connectivity index (χ2n) is 8.91. The van der Waals surface area contributed by atoms with Gasteiger partial charge in [0.15, 0.2) is 5.96 Å². The molecule has 0 spiro atoms. The van der Waals surface area contributed by atoms with Crippen molar-refractivity contribution in [3.8, 4) is 0 Å². The number of nitrogens with one attached hydrogen (secondary N) is 3. The summed E-state index contributed by atoms with van der Waals surface area (Å²) in [6.45, 7) is 6.87. The monoisotopic (exact) mass is 500 g/mol. The van der Waals surface area contributed by atoms with Crippen LogP contribution in [-0.4, -0.2) is 71.4 Å². The topological polar surface area (TPSA) is 258 Å². The average molecular weight is 501 g/mol. The van der Waals surface area contributed by atoms with Crippen LogP contribution in [0.3, 0.4) is 0 Å². The molecule has 0 rings (SSSR count). The van der Waals surface area contributed by atoms with Gasteiger partial charge in [-0.25, -0.2) is 4.79 Å². The van der Waals surface area contributed by atoms with Gasteiger partial charge in [-0.2, -0.15) is 0 Å². The molecule has 4 amide bonds. The quantitative estimate of drug-likeness (QED) is 0.0631. The molecule has 4 unspecified atom stereocenters. The number of primary amides is 1. The summed E-state index contributed by atoms with van der Waals surface area (Å²) in [4.78, 5) is 64.9. The van der Waals surface area contributed by atoms with Gasteiger partial charge in [-0.05, 0) is 31.1 Å². The van der Waals surface area contributed by atoms with Crippen LogP contribution < -0.4 is 38.9 Å². The van der Waals surface area contributed by atoms with Crippen molar-refractivity contribution in [2.24, 2.45) is 39.8 Å². The van der Waals surface area contributed by atoms with Gasteiger partial charge in [0.25, 0.3) is 0 Å². The van der Waals surface area contributed by atoms with Crippen molar-refractivity contribution in [2.75, 3.05) is 6.54 Å². The summed E-state index contributed by atoms with van der Waals surface area (Å²) < 4.78 is 0. The highest BCUT2D eigenvalue weighted by atomic mass is 16.4. The average Bonchev–Trinajstić information content (AvgIpc) is 2.74. The van der Waals surface area contributed by atoms with Gasteiger partial charge in [0, 0.05) is 13.0 Å². The molecule has 0 aliphatic rings. The number of nitrogens with zero attached hydrogens (tertiary/aromatic N) is 1. The molecule has 4 atom stereocenters. The molecule has 14 nitrogen and oxygen atoms in total. The number of carbonyl (C=O) groups excluding carboxylic acids is 4. The second-order valence-corrected chi connectivity index (χ2v) is 8.91. The maximum Gasteiger partial charge on any atom is 0.326 e. The first-order valence-electron chi connectivity index (χ1n) is 11.4. The minimum Gasteiger partial charge on any atom is -0.480 e. The predicted octanol–water partition coefficient (Wildman–Crippen LogP) is -2.52. The van der Waals surface area contributed by atoms with E-state index in [1.807, 2.05) is 0 Å². The number of aliphatic imine (C=N–C) groups is 1. The lowest BCUT2D eigenvalue weighted by molar-refractivity contribution is -0.143. The van der Waals surface area contributed by atoms with E-state index in [9.17, 15) is 29.1 Å². The zero-order valence-electron chi connectivity index (χ0n) is 20.7. The summed E-state index contributed by atoms with van der Waals surface area (Å²) in [7, 11) is 0. The van der Waals surface area contributed by atoms with Crippen LogP contribution in [0.25, 0.3) is 0 Å². The summed E-state index contributed by atoms with van der Waals surface area (Å²) in [5.41, 5.74) is 21.6. The SMILES string of the molecule is CC(C)C(N)C(=O)NC(CCC(N)=O)C(=O)NC(CCCN=C(N)N)C(=O)NC(C(=O)O)C(C)C. The maximum absolute atomic E-state index is 13.0. The normalized spacial score (nSPS) is 14.4. The van der Waals surface area contributed by atoms with Crippen LogP contribution in [0, 0.1) is 11.8 Å². The van der Waals surface area contributed by atoms with Crippen molar-refractivity contribution in [1.29, 1.82) is 0 Å². The largest absolute Gasteiger partial charge is 0.480 e. The Balaban J connectivity index is 5.68. The van der Waals surface area contributed by atoms with Crippen LogP contribution in [0.4, 0.5) is 0 Å². The predicted molar refractivity (Wildman–Crippen MR) is 129 cm³/mol. The molecule has 0 saturated carbocycles. The fourth-order valence-corrected chi connectivity index (χ4v) is 2.94. The van der Waals surface area contributed by atoms with E-state index in [0.29, 0.717) is 0 Å². The third-order valence-corrected chi connectivity index (χ3v) is 5.14. The number of carboxylic acids is 1. The Labute approximate surface area is 205 Å². The van der Waals surface area contributed by atoms with Crippen LogP contribution in [0.1, 0.15) is 53.4 Å². The van der Waals surface area contributed by atoms with E-state index in [2.05, 4.69) is 20.9 Å². The molecule has 200 valence electrons. The Kier molecular flexibility index (Phi) is 14.0. The van der Waals surface area contributed by atoms with Gasteiger partial charge < -0.3 is 44.0 Å². The van der Waals surface area contributed by atoms with E-state index in [-0.39, 0.29) is 44.1 Å². The van der Waals surface area contributed by atoms with Gasteiger partial charge in [-0.3, -0.25) is 24.2 Å². The molecule has 0 aromatic heterocycles. The van der Waals surface area contributed by atoms with E-state index in [1.54, 1.807) is 27.7 Å². The van der Waals surface area contributed by atoms with E-state index in [4.69, 9.17) is 22.9 Å². The molecular weight excluding hydrogens is 460 g/mol. The van der Waals surface area contributed by atoms with Gasteiger partial charge in [0.05, 0.1) is 6.04 Å². The molecule has 0 aliphatic heterocycles. The minimum absolute atomic E-state index is 0.0702. The number of nitrogens with two attached hydrogens (primary N) is 4. The van der Waals surface area contributed by atoms with E-state index in [1.165, 1.54) is 0 Å². The smallest absolute Gasteiger partial charge is 0.326 e. The Hall–Kier alpha value is -3.42. The molecule has 0 radical (unpaired) electrons. The molecule has 0 fully saturated rings. The van der Waals surface area contributed by atoms with Gasteiger partial charge in [0.2, 0.25) is 23.6 Å². The number of hydrogen-bond donors (Lipinski definition) is 8. The van der Waals surface area contributed by atoms with Gasteiger partial charge in [-0.15, -0.1) is 0 Å². The Bertz CT molecular complexity index is 782. The highest BCUT2D eigenvalue weighted by Crippen LogP contribution is 2.07. The molecule has 0 saturated heterocycles. The Morgan fingerprint density at radius 3 is 1.77 bits per heavy atom. The molecule has 12 N–H and O–H groups in total. The number of aliphatic carboxylic acids is 1. The van der Waals surface area contributed by atoms with Crippen molar-refractivity contribution in [3.63, 3.8) is 0 Å². The highest BCUT2D eigenvalue weighted by molar-refractivity contribution is 5.94. The minimum atomic E-state index is -1.23. The van der Waals surface area contributed by atoms with Gasteiger partial charge in [0.1, 0.15) is 18.1 Å². The molecule has 0 aliphatic carbocycles. The number of carbonyl (C=O) groups is 5. The second kappa shape index (κ2) is 15.5. The zero-order chi connectivity index (χ0) is 27.3. The Morgan fingerprint density at radius 1 is 0.800 bits per heavy atom. The molecule has 0 heterocycles. The zero-order valence-corrected chi connectivity index (χ0v) is 20.7. The molecule has 0 aromatic carbocycles. The van der Waals surface area contributed by atoms with Crippen molar-refractivity contribution in [1.82, 2.24) is 16.0 Å². The van der Waals surface area contributed by atoms with Gasteiger partial charge >= 0.3 is 5.97 Å². The number of hydrogen-bond acceptors (Lipinski definition) is 7. The van der Waals surface area contributed by atoms with Crippen LogP contribution in [0.15, 0.2) is 4.99 Å². The lowest BCUT2D eigenvalue weighted by Gasteiger charge is -2.26. The maximum atomic E-state index is 13.0. The van der Waals surface area contributed by atoms with E-state index in [0.717, 1.165) is 0 Å². The first-order chi connectivity index (χ1) is 16.2. The van der Waals surface area contributed by atoms with Crippen LogP contribution in [0.5, 0.6) is 0 Å². The van der Waals surface area contributed by atoms with Crippen molar-refractivity contribution in [3.05, 3.63) is 0 Å². The Morgan fingerprint density at radius 2 is 1.31 bits per heavy atom. The highest BCUT2D eigenvalue weighted by Gasteiger charge is 2.31. The van der Waals surface area contributed by atoms with E-state index < -0.39 is 59.7 Å². The first kappa shape index (κ1) is 31.6. The van der Waals surface area contributed by atoms with Crippen LogP contribution in [-0.2, 0) is 24.0 Å². The molecule has 0 bridgehead atoms. The third kappa shape index (κ3) is 12.6. The first-order valence-corrected chi connectivity index (χ1v) is 11.4. The molecule has 14 heteroatoms. The van der Waals surface area contributed by atoms with Crippen LogP contribution >= 0.6 is 0 Å². The number of amides is 4. The number of rotatable bonds is 16. The van der Waals surface area contributed by atoms with E-state index >= 15 is 0 Å². The summed E-state index contributed by atoms with van der Waals surface area (Å²) in [6, 6.07) is -4.45. The molecular formula is C21H40N8O6. The molecule has 0 aromatic rings. The van der Waals surface area contributed by atoms with Gasteiger partial charge in [-0.1, -0.05) is 27.7 Å². The third-order valence-electron chi connectivity index (χ3n) is 5.14. The van der Waals surface area contributed by atoms with Crippen LogP contribution in [0.2, 0.25) is 0 Å². The fourth-order valence-electron chi connectivity index (χ4n) is 2.94. The lowest BCUT2D eigenvalue weighted by Crippen LogP contribution is -2.58. The molecule has 35 heavy (non-hydrogen) atoms. The fraction of sp³-hybridized carbons (Fsp3) is 0.714. The van der Waals surface area contributed by atoms with Crippen molar-refractivity contribution >= 4 is 35.6 Å². The van der Waals surface area contributed by atoms with Crippen molar-refractivity contribution in [2.45, 2.75) is 77.5 Å². The summed E-state index contributed by atoms with van der Waals surface area (Å²) in [5.74, 6) is -4.79. The summed E-state index contributed by atoms with van der Waals surface area (Å²) in [6.07, 6.45) is 0.0296.